The number of anilines is 2. The van der Waals surface area contributed by atoms with Gasteiger partial charge in [0, 0.05) is 41.9 Å². The fraction of sp³-hybridized carbons (Fsp3) is 0.182. The first-order valence-electron chi connectivity index (χ1n) is 9.85. The molecule has 10 heteroatoms. The zero-order valence-corrected chi connectivity index (χ0v) is 19.3. The normalized spacial score (nSPS) is 13.5. The highest BCUT2D eigenvalue weighted by Crippen LogP contribution is 2.24. The second-order valence-corrected chi connectivity index (χ2v) is 9.54. The Morgan fingerprint density at radius 2 is 1.69 bits per heavy atom. The van der Waals surface area contributed by atoms with Gasteiger partial charge in [-0.05, 0) is 35.7 Å². The van der Waals surface area contributed by atoms with Gasteiger partial charge in [-0.1, -0.05) is 23.7 Å². The van der Waals surface area contributed by atoms with Crippen molar-refractivity contribution in [1.29, 1.82) is 5.41 Å². The van der Waals surface area contributed by atoms with Crippen molar-refractivity contribution >= 4 is 63.9 Å². The Labute approximate surface area is 198 Å². The fourth-order valence-corrected chi connectivity index (χ4v) is 4.91. The van der Waals surface area contributed by atoms with E-state index in [4.69, 9.17) is 17.0 Å². The molecule has 3 N–H and O–H groups in total. The largest absolute Gasteiger partial charge is 0.355 e. The second-order valence-electron chi connectivity index (χ2n) is 6.96. The van der Waals surface area contributed by atoms with Gasteiger partial charge < -0.3 is 15.5 Å². The van der Waals surface area contributed by atoms with Gasteiger partial charge in [-0.3, -0.25) is 15.0 Å². The molecule has 1 aliphatic heterocycles. The van der Waals surface area contributed by atoms with Crippen LogP contribution in [0.4, 0.5) is 11.5 Å². The van der Waals surface area contributed by atoms with Gasteiger partial charge in [0.15, 0.2) is 0 Å². The zero-order valence-electron chi connectivity index (χ0n) is 16.9. The Balaban J connectivity index is 1.41. The average molecular weight is 486 g/mol. The molecule has 7 nitrogen and oxygen atoms in total. The summed E-state index contributed by atoms with van der Waals surface area (Å²) in [7, 11) is 0. The van der Waals surface area contributed by atoms with E-state index in [-0.39, 0.29) is 11.8 Å². The number of nitrogens with one attached hydrogen (secondary N) is 3. The minimum atomic E-state index is -0.367. The maximum atomic E-state index is 12.7. The molecule has 0 radical (unpaired) electrons. The lowest BCUT2D eigenvalue weighted by Crippen LogP contribution is -2.37. The number of pyridine rings is 1. The lowest BCUT2D eigenvalue weighted by atomic mass is 10.1. The molecule has 0 bridgehead atoms. The molecule has 1 saturated heterocycles. The molecule has 1 aromatic carbocycles. The number of amides is 2. The molecule has 2 amide bonds. The Morgan fingerprint density at radius 1 is 0.969 bits per heavy atom. The van der Waals surface area contributed by atoms with E-state index in [1.807, 2.05) is 11.8 Å². The number of rotatable bonds is 5. The predicted octanol–water partition coefficient (Wildman–Crippen LogP) is 4.68. The second kappa shape index (κ2) is 10.2. The smallest absolute Gasteiger partial charge is 0.269 e. The summed E-state index contributed by atoms with van der Waals surface area (Å²) < 4.78 is 0. The van der Waals surface area contributed by atoms with E-state index in [0.717, 1.165) is 30.2 Å². The number of nitrogens with zero attached hydrogens (tertiary/aromatic N) is 2. The Morgan fingerprint density at radius 3 is 2.38 bits per heavy atom. The van der Waals surface area contributed by atoms with Crippen LogP contribution in [0.25, 0.3) is 0 Å². The number of amidine groups is 1. The summed E-state index contributed by atoms with van der Waals surface area (Å²) in [6.45, 7) is 1.72. The van der Waals surface area contributed by atoms with Gasteiger partial charge in [0.05, 0.1) is 10.7 Å². The highest BCUT2D eigenvalue weighted by atomic mass is 35.5. The Kier molecular flexibility index (Phi) is 7.09. The van der Waals surface area contributed by atoms with Crippen molar-refractivity contribution in [2.45, 2.75) is 0 Å². The van der Waals surface area contributed by atoms with Gasteiger partial charge >= 0.3 is 0 Å². The van der Waals surface area contributed by atoms with Gasteiger partial charge in [0.2, 0.25) is 0 Å². The average Bonchev–Trinajstić information content (AvgIpc) is 3.29. The number of hydrogen-bond donors (Lipinski definition) is 3. The molecule has 3 aromatic rings. The quantitative estimate of drug-likeness (QED) is 0.360. The van der Waals surface area contributed by atoms with E-state index in [2.05, 4.69) is 20.5 Å². The molecule has 0 saturated carbocycles. The fourth-order valence-electron chi connectivity index (χ4n) is 3.15. The summed E-state index contributed by atoms with van der Waals surface area (Å²) in [5.74, 6) is 2.20. The highest BCUT2D eigenvalue weighted by Gasteiger charge is 2.18. The summed E-state index contributed by atoms with van der Waals surface area (Å²) in [4.78, 5) is 31.8. The number of benzene rings is 1. The lowest BCUT2D eigenvalue weighted by molar-refractivity contribution is 0.102. The van der Waals surface area contributed by atoms with Crippen molar-refractivity contribution in [1.82, 2.24) is 9.88 Å². The van der Waals surface area contributed by atoms with Crippen molar-refractivity contribution in [2.75, 3.05) is 35.2 Å². The van der Waals surface area contributed by atoms with Crippen LogP contribution in [0, 0.1) is 5.41 Å². The standard InChI is InChI=1S/C22H20ClN5O2S2/c23-16-5-6-18(25-13-16)27-22(30)19-17(7-10-32-19)26-21(29)15-3-1-14(2-4-15)20(24)28-8-11-31-12-9-28/h1-7,10,13,24H,8-9,11-12H2,(H,26,29)(H,25,27,30). The number of aromatic nitrogens is 1. The number of thioether (sulfide) groups is 1. The van der Waals surface area contributed by atoms with Crippen molar-refractivity contribution in [3.05, 3.63) is 75.1 Å². The van der Waals surface area contributed by atoms with Gasteiger partial charge in [-0.2, -0.15) is 11.8 Å². The molecule has 1 fully saturated rings. The molecule has 1 aliphatic rings. The topological polar surface area (TPSA) is 98.2 Å². The minimum absolute atomic E-state index is 0.325. The van der Waals surface area contributed by atoms with Gasteiger partial charge in [0.1, 0.15) is 16.5 Å². The third kappa shape index (κ3) is 5.29. The lowest BCUT2D eigenvalue weighted by Gasteiger charge is -2.28. The maximum Gasteiger partial charge on any atom is 0.269 e. The van der Waals surface area contributed by atoms with Crippen LogP contribution in [0.15, 0.2) is 54.0 Å². The first-order valence-corrected chi connectivity index (χ1v) is 12.3. The first kappa shape index (κ1) is 22.3. The maximum absolute atomic E-state index is 12.7. The third-order valence-corrected chi connectivity index (χ3v) is 6.92. The van der Waals surface area contributed by atoms with E-state index in [0.29, 0.717) is 32.8 Å². The summed E-state index contributed by atoms with van der Waals surface area (Å²) in [6.07, 6.45) is 1.45. The van der Waals surface area contributed by atoms with Gasteiger partial charge in [-0.25, -0.2) is 4.98 Å². The molecule has 0 unspecified atom stereocenters. The predicted molar refractivity (Wildman–Crippen MR) is 132 cm³/mol. The molecule has 0 spiro atoms. The Bertz CT molecular complexity index is 1130. The molecular weight excluding hydrogens is 466 g/mol. The molecule has 32 heavy (non-hydrogen) atoms. The van der Waals surface area contributed by atoms with Crippen LogP contribution in [0.2, 0.25) is 5.02 Å². The van der Waals surface area contributed by atoms with Crippen molar-refractivity contribution in [3.8, 4) is 0 Å². The van der Waals surface area contributed by atoms with Gasteiger partial charge in [-0.15, -0.1) is 11.3 Å². The van der Waals surface area contributed by atoms with Crippen molar-refractivity contribution in [3.63, 3.8) is 0 Å². The summed E-state index contributed by atoms with van der Waals surface area (Å²) in [6, 6.07) is 11.9. The summed E-state index contributed by atoms with van der Waals surface area (Å²) in [5.41, 5.74) is 1.65. The van der Waals surface area contributed by atoms with Crippen LogP contribution in [0.5, 0.6) is 0 Å². The molecule has 164 valence electrons. The SMILES string of the molecule is N=C(c1ccc(C(=O)Nc2ccsc2C(=O)Nc2ccc(Cl)cn2)cc1)N1CCSCC1. The number of halogens is 1. The van der Waals surface area contributed by atoms with Gasteiger partial charge in [0.25, 0.3) is 11.8 Å². The molecular formula is C22H20ClN5O2S2. The summed E-state index contributed by atoms with van der Waals surface area (Å²) in [5, 5.41) is 16.1. The zero-order chi connectivity index (χ0) is 22.5. The van der Waals surface area contributed by atoms with Crippen LogP contribution in [-0.4, -0.2) is 52.1 Å². The number of carbonyl (C=O) groups excluding carboxylic acids is 2. The molecule has 0 aliphatic carbocycles. The minimum Gasteiger partial charge on any atom is -0.355 e. The number of hydrogen-bond acceptors (Lipinski definition) is 6. The van der Waals surface area contributed by atoms with E-state index in [1.54, 1.807) is 47.8 Å². The van der Waals surface area contributed by atoms with E-state index < -0.39 is 0 Å². The van der Waals surface area contributed by atoms with Crippen molar-refractivity contribution in [2.24, 2.45) is 0 Å². The van der Waals surface area contributed by atoms with E-state index in [9.17, 15) is 9.59 Å². The van der Waals surface area contributed by atoms with E-state index >= 15 is 0 Å². The van der Waals surface area contributed by atoms with E-state index in [1.165, 1.54) is 17.5 Å². The van der Waals surface area contributed by atoms with Crippen molar-refractivity contribution < 1.29 is 9.59 Å². The monoisotopic (exact) mass is 485 g/mol. The first-order chi connectivity index (χ1) is 15.5. The number of carbonyl (C=O) groups is 2. The van der Waals surface area contributed by atoms with Crippen LogP contribution >= 0.6 is 34.7 Å². The molecule has 0 atom stereocenters. The molecule has 2 aromatic heterocycles. The van der Waals surface area contributed by atoms with Crippen LogP contribution in [0.3, 0.4) is 0 Å². The van der Waals surface area contributed by atoms with Crippen LogP contribution in [0.1, 0.15) is 25.6 Å². The number of thiophene rings is 1. The Hall–Kier alpha value is -2.88. The molecule has 3 heterocycles. The third-order valence-electron chi connectivity index (χ3n) is 4.84. The molecule has 4 rings (SSSR count). The van der Waals surface area contributed by atoms with Crippen LogP contribution < -0.4 is 10.6 Å². The van der Waals surface area contributed by atoms with Crippen LogP contribution in [-0.2, 0) is 0 Å². The summed E-state index contributed by atoms with van der Waals surface area (Å²) >= 11 is 8.94. The highest BCUT2D eigenvalue weighted by molar-refractivity contribution is 7.99.